The van der Waals surface area contributed by atoms with Gasteiger partial charge in [0.25, 0.3) is 5.91 Å². The van der Waals surface area contributed by atoms with Crippen molar-refractivity contribution in [1.29, 1.82) is 0 Å². The van der Waals surface area contributed by atoms with Gasteiger partial charge in [-0.05, 0) is 41.0 Å². The second-order valence-corrected chi connectivity index (χ2v) is 10.1. The summed E-state index contributed by atoms with van der Waals surface area (Å²) in [6, 6.07) is 29.5. The molecule has 1 aliphatic rings. The van der Waals surface area contributed by atoms with Crippen LogP contribution in [0.25, 0.3) is 10.9 Å². The second-order valence-electron chi connectivity index (χ2n) is 10.1. The number of amides is 2. The molecule has 0 fully saturated rings. The number of carbonyl (C=O) groups excluding carboxylic acids is 2. The van der Waals surface area contributed by atoms with E-state index in [1.807, 2.05) is 72.8 Å². The van der Waals surface area contributed by atoms with E-state index in [1.165, 1.54) is 19.1 Å². The normalized spacial score (nSPS) is 12.6. The van der Waals surface area contributed by atoms with E-state index in [9.17, 15) is 14.0 Å². The van der Waals surface area contributed by atoms with Gasteiger partial charge < -0.3 is 14.5 Å². The highest BCUT2D eigenvalue weighted by Crippen LogP contribution is 2.46. The molecule has 2 heterocycles. The van der Waals surface area contributed by atoms with Gasteiger partial charge in [0.1, 0.15) is 17.4 Å². The van der Waals surface area contributed by atoms with E-state index in [4.69, 9.17) is 4.74 Å². The molecule has 0 saturated heterocycles. The van der Waals surface area contributed by atoms with Gasteiger partial charge in [0.15, 0.2) is 5.75 Å². The van der Waals surface area contributed by atoms with Crippen LogP contribution < -0.4 is 9.64 Å². The lowest BCUT2D eigenvalue weighted by Gasteiger charge is -2.25. The zero-order valence-corrected chi connectivity index (χ0v) is 22.8. The highest BCUT2D eigenvalue weighted by Gasteiger charge is 2.38. The third kappa shape index (κ3) is 4.91. The number of hydrogen-bond donors (Lipinski definition) is 0. The van der Waals surface area contributed by atoms with Gasteiger partial charge in [-0.15, -0.1) is 0 Å². The molecule has 0 saturated carbocycles. The molecule has 0 radical (unpaired) electrons. The van der Waals surface area contributed by atoms with Gasteiger partial charge in [0.05, 0.1) is 11.3 Å². The number of rotatable bonds is 7. The maximum atomic E-state index is 14.2. The third-order valence-electron chi connectivity index (χ3n) is 7.48. The van der Waals surface area contributed by atoms with E-state index >= 15 is 0 Å². The first-order valence-corrected chi connectivity index (χ1v) is 13.4. The molecule has 1 aromatic heterocycles. The largest absolute Gasteiger partial charge is 0.478 e. The molecule has 6 rings (SSSR count). The Hall–Kier alpha value is -5.04. The maximum absolute atomic E-state index is 14.2. The Morgan fingerprint density at radius 3 is 2.20 bits per heavy atom. The lowest BCUT2D eigenvalue weighted by Crippen LogP contribution is -2.25. The molecule has 204 valence electrons. The van der Waals surface area contributed by atoms with Crippen LogP contribution in [-0.4, -0.2) is 28.7 Å². The number of ether oxygens (including phenoxy) is 1. The molecule has 0 atom stereocenters. The van der Waals surface area contributed by atoms with Crippen LogP contribution >= 0.6 is 0 Å². The Bertz CT molecular complexity index is 1700. The van der Waals surface area contributed by atoms with Gasteiger partial charge in [0.2, 0.25) is 5.91 Å². The summed E-state index contributed by atoms with van der Waals surface area (Å²) in [4.78, 5) is 34.8. The summed E-state index contributed by atoms with van der Waals surface area (Å²) in [7, 11) is 1.70. The average Bonchev–Trinajstić information content (AvgIpc) is 3.32. The first kappa shape index (κ1) is 26.2. The van der Waals surface area contributed by atoms with Gasteiger partial charge in [-0.25, -0.2) is 4.39 Å². The van der Waals surface area contributed by atoms with Crippen molar-refractivity contribution in [3.8, 4) is 5.75 Å². The van der Waals surface area contributed by atoms with Gasteiger partial charge in [-0.2, -0.15) is 0 Å². The van der Waals surface area contributed by atoms with Crippen LogP contribution in [0.4, 0.5) is 10.1 Å². The molecular formula is C34H28FN3O3. The first-order chi connectivity index (χ1) is 19.9. The molecule has 7 heteroatoms. The van der Waals surface area contributed by atoms with Gasteiger partial charge >= 0.3 is 0 Å². The van der Waals surface area contributed by atoms with Crippen molar-refractivity contribution in [1.82, 2.24) is 9.88 Å². The Morgan fingerprint density at radius 1 is 0.951 bits per heavy atom. The average molecular weight is 546 g/mol. The van der Waals surface area contributed by atoms with Crippen molar-refractivity contribution in [2.45, 2.75) is 26.1 Å². The fourth-order valence-electron chi connectivity index (χ4n) is 5.41. The molecule has 1 aliphatic heterocycles. The van der Waals surface area contributed by atoms with Crippen LogP contribution in [0.5, 0.6) is 5.75 Å². The molecule has 4 aromatic carbocycles. The summed E-state index contributed by atoms with van der Waals surface area (Å²) in [6.07, 6.45) is 1.15. The van der Waals surface area contributed by atoms with Crippen LogP contribution in [0.1, 0.15) is 45.6 Å². The van der Waals surface area contributed by atoms with E-state index < -0.39 is 6.10 Å². The minimum atomic E-state index is -0.512. The lowest BCUT2D eigenvalue weighted by atomic mass is 9.98. The van der Waals surface area contributed by atoms with Crippen molar-refractivity contribution < 1.29 is 18.7 Å². The van der Waals surface area contributed by atoms with Crippen LogP contribution in [-0.2, 0) is 17.9 Å². The van der Waals surface area contributed by atoms with Crippen LogP contribution in [0.2, 0.25) is 0 Å². The number of aromatic nitrogens is 1. The van der Waals surface area contributed by atoms with E-state index in [0.29, 0.717) is 28.1 Å². The minimum absolute atomic E-state index is 0.165. The molecule has 0 N–H and O–H groups in total. The lowest BCUT2D eigenvalue weighted by molar-refractivity contribution is -0.116. The Labute approximate surface area is 237 Å². The summed E-state index contributed by atoms with van der Waals surface area (Å²) in [5.41, 5.74) is 4.87. The van der Waals surface area contributed by atoms with Crippen molar-refractivity contribution in [3.63, 3.8) is 0 Å². The zero-order chi connectivity index (χ0) is 28.5. The van der Waals surface area contributed by atoms with Crippen molar-refractivity contribution in [2.24, 2.45) is 0 Å². The Kier molecular flexibility index (Phi) is 6.93. The molecular weight excluding hydrogens is 517 g/mol. The van der Waals surface area contributed by atoms with E-state index in [1.54, 1.807) is 35.2 Å². The summed E-state index contributed by atoms with van der Waals surface area (Å²) in [6.45, 7) is 2.04. The molecule has 0 bridgehead atoms. The number of benzene rings is 4. The number of pyridine rings is 1. The van der Waals surface area contributed by atoms with Gasteiger partial charge in [-0.3, -0.25) is 14.6 Å². The summed E-state index contributed by atoms with van der Waals surface area (Å²) in [5, 5.41) is 0.718. The molecule has 2 amide bonds. The topological polar surface area (TPSA) is 62.7 Å². The highest BCUT2D eigenvalue weighted by atomic mass is 19.1. The number of fused-ring (bicyclic) bond motifs is 2. The third-order valence-corrected chi connectivity index (χ3v) is 7.48. The molecule has 41 heavy (non-hydrogen) atoms. The van der Waals surface area contributed by atoms with Crippen molar-refractivity contribution in [2.75, 3.05) is 11.9 Å². The predicted molar refractivity (Wildman–Crippen MR) is 156 cm³/mol. The number of nitrogens with zero attached hydrogens (tertiary/aromatic N) is 3. The predicted octanol–water partition coefficient (Wildman–Crippen LogP) is 6.68. The summed E-state index contributed by atoms with van der Waals surface area (Å²) >= 11 is 0. The quantitative estimate of drug-likeness (QED) is 0.229. The van der Waals surface area contributed by atoms with Crippen molar-refractivity contribution >= 4 is 28.4 Å². The fourth-order valence-corrected chi connectivity index (χ4v) is 5.41. The molecule has 0 aliphatic carbocycles. The molecule has 6 nitrogen and oxygen atoms in total. The molecule has 5 aromatic rings. The van der Waals surface area contributed by atoms with E-state index in [-0.39, 0.29) is 30.7 Å². The van der Waals surface area contributed by atoms with E-state index in [2.05, 4.69) is 4.98 Å². The first-order valence-electron chi connectivity index (χ1n) is 13.4. The van der Waals surface area contributed by atoms with Crippen molar-refractivity contribution in [3.05, 3.63) is 137 Å². The smallest absolute Gasteiger partial charge is 0.258 e. The minimum Gasteiger partial charge on any atom is -0.478 e. The number of anilines is 1. The van der Waals surface area contributed by atoms with Gasteiger partial charge in [0, 0.05) is 44.2 Å². The zero-order valence-electron chi connectivity index (χ0n) is 22.8. The number of hydrogen-bond acceptors (Lipinski definition) is 4. The molecule has 0 spiro atoms. The summed E-state index contributed by atoms with van der Waals surface area (Å²) < 4.78 is 20.4. The highest BCUT2D eigenvalue weighted by molar-refractivity contribution is 6.14. The van der Waals surface area contributed by atoms with Gasteiger partial charge in [-0.1, -0.05) is 72.8 Å². The Balaban J connectivity index is 1.55. The fraction of sp³-hybridized carbons (Fsp3) is 0.147. The SMILES string of the molecule is CC(=O)N(C)c1c2c(c(OC(c3ccccc3)c3ccccc3)c3ncccc13)C(=O)N(Cc1ccc(F)cc1)C2. The maximum Gasteiger partial charge on any atom is 0.258 e. The molecule has 0 unspecified atom stereocenters. The van der Waals surface area contributed by atoms with Crippen LogP contribution in [0.15, 0.2) is 103 Å². The standard InChI is InChI=1S/C34H28FN3O3/c1-22(39)37(2)31-27-14-9-19-36-30(27)33(41-32(24-10-5-3-6-11-24)25-12-7-4-8-13-25)29-28(31)21-38(34(29)40)20-23-15-17-26(35)18-16-23/h3-19,32H,20-21H2,1-2H3. The Morgan fingerprint density at radius 2 is 1.59 bits per heavy atom. The van der Waals surface area contributed by atoms with Crippen LogP contribution in [0, 0.1) is 5.82 Å². The second kappa shape index (κ2) is 10.8. The monoisotopic (exact) mass is 545 g/mol. The summed E-state index contributed by atoms with van der Waals surface area (Å²) in [5.74, 6) is -0.358. The number of halogens is 1. The van der Waals surface area contributed by atoms with Crippen LogP contribution in [0.3, 0.4) is 0 Å². The van der Waals surface area contributed by atoms with E-state index in [0.717, 1.165) is 22.1 Å². The number of carbonyl (C=O) groups is 2.